The van der Waals surface area contributed by atoms with E-state index in [2.05, 4.69) is 21.9 Å². The standard InChI is InChI=1S/C10H13N3O/c1-7(10(14)11-3)4-5-9-8(2)12-6-13-9/h4-6H,2H2,1,3H3,(H,11,14)(H,12,13)/b7-4+,9-5+. The second-order valence-corrected chi connectivity index (χ2v) is 2.86. The highest BCUT2D eigenvalue weighted by atomic mass is 16.1. The van der Waals surface area contributed by atoms with Crippen LogP contribution in [-0.4, -0.2) is 22.9 Å². The van der Waals surface area contributed by atoms with Crippen LogP contribution < -0.4 is 16.0 Å². The number of amides is 1. The predicted octanol–water partition coefficient (Wildman–Crippen LogP) is -0.707. The predicted molar refractivity (Wildman–Crippen MR) is 55.6 cm³/mol. The molecule has 0 aliphatic rings. The summed E-state index contributed by atoms with van der Waals surface area (Å²) in [5, 5.41) is 4.02. The first-order valence-corrected chi connectivity index (χ1v) is 4.24. The zero-order valence-electron chi connectivity index (χ0n) is 8.29. The van der Waals surface area contributed by atoms with Crippen LogP contribution in [0.25, 0.3) is 12.7 Å². The maximum atomic E-state index is 11.1. The van der Waals surface area contributed by atoms with Crippen LogP contribution in [0.3, 0.4) is 0 Å². The Morgan fingerprint density at radius 2 is 2.43 bits per heavy atom. The van der Waals surface area contributed by atoms with Gasteiger partial charge in [0.2, 0.25) is 5.91 Å². The van der Waals surface area contributed by atoms with Gasteiger partial charge in [0.05, 0.1) is 17.0 Å². The maximum Gasteiger partial charge on any atom is 0.246 e. The summed E-state index contributed by atoms with van der Waals surface area (Å²) in [5.41, 5.74) is 0.634. The van der Waals surface area contributed by atoms with Crippen molar-refractivity contribution in [2.75, 3.05) is 7.05 Å². The Hall–Kier alpha value is -1.84. The fraction of sp³-hybridized carbons (Fsp3) is 0.200. The average Bonchev–Trinajstić information content (AvgIpc) is 2.59. The van der Waals surface area contributed by atoms with Crippen molar-refractivity contribution in [3.8, 4) is 0 Å². The van der Waals surface area contributed by atoms with Crippen molar-refractivity contribution >= 4 is 18.6 Å². The highest BCUT2D eigenvalue weighted by Gasteiger charge is 1.97. The van der Waals surface area contributed by atoms with Gasteiger partial charge in [0.25, 0.3) is 0 Å². The van der Waals surface area contributed by atoms with Gasteiger partial charge >= 0.3 is 0 Å². The van der Waals surface area contributed by atoms with Crippen LogP contribution in [0.2, 0.25) is 0 Å². The second-order valence-electron chi connectivity index (χ2n) is 2.86. The Bertz CT molecular complexity index is 456. The van der Waals surface area contributed by atoms with E-state index in [4.69, 9.17) is 0 Å². The van der Waals surface area contributed by atoms with Crippen molar-refractivity contribution in [1.82, 2.24) is 15.3 Å². The van der Waals surface area contributed by atoms with Crippen LogP contribution in [0.15, 0.2) is 18.0 Å². The molecule has 14 heavy (non-hydrogen) atoms. The number of aromatic nitrogens is 2. The van der Waals surface area contributed by atoms with E-state index in [0.717, 1.165) is 10.7 Å². The second kappa shape index (κ2) is 4.41. The molecule has 1 amide bonds. The molecule has 1 rings (SSSR count). The van der Waals surface area contributed by atoms with Gasteiger partial charge in [0, 0.05) is 12.6 Å². The van der Waals surface area contributed by atoms with Crippen molar-refractivity contribution in [3.05, 3.63) is 28.7 Å². The Morgan fingerprint density at radius 1 is 1.71 bits per heavy atom. The van der Waals surface area contributed by atoms with Crippen LogP contribution in [0.4, 0.5) is 0 Å². The molecule has 0 saturated heterocycles. The molecule has 4 nitrogen and oxygen atoms in total. The van der Waals surface area contributed by atoms with Gasteiger partial charge in [-0.25, -0.2) is 4.98 Å². The van der Waals surface area contributed by atoms with Gasteiger partial charge in [0.15, 0.2) is 0 Å². The third-order valence-corrected chi connectivity index (χ3v) is 1.83. The molecule has 4 heteroatoms. The van der Waals surface area contributed by atoms with Crippen LogP contribution >= 0.6 is 0 Å². The maximum absolute atomic E-state index is 11.1. The summed E-state index contributed by atoms with van der Waals surface area (Å²) in [4.78, 5) is 18.0. The summed E-state index contributed by atoms with van der Waals surface area (Å²) in [6.07, 6.45) is 5.03. The molecule has 1 aromatic heterocycles. The van der Waals surface area contributed by atoms with Crippen molar-refractivity contribution in [3.63, 3.8) is 0 Å². The monoisotopic (exact) mass is 191 g/mol. The third-order valence-electron chi connectivity index (χ3n) is 1.83. The van der Waals surface area contributed by atoms with Gasteiger partial charge < -0.3 is 10.3 Å². The molecule has 1 aromatic rings. The van der Waals surface area contributed by atoms with Crippen LogP contribution in [0.1, 0.15) is 6.92 Å². The minimum absolute atomic E-state index is 0.0950. The van der Waals surface area contributed by atoms with Crippen LogP contribution in [0.5, 0.6) is 0 Å². The summed E-state index contributed by atoms with van der Waals surface area (Å²) in [6.45, 7) is 5.49. The van der Waals surface area contributed by atoms with Gasteiger partial charge in [-0.1, -0.05) is 12.7 Å². The number of aromatic amines is 1. The molecule has 0 atom stereocenters. The largest absolute Gasteiger partial charge is 0.355 e. The number of carbonyl (C=O) groups is 1. The lowest BCUT2D eigenvalue weighted by atomic mass is 10.2. The van der Waals surface area contributed by atoms with Crippen molar-refractivity contribution < 1.29 is 4.79 Å². The van der Waals surface area contributed by atoms with Gasteiger partial charge in [-0.15, -0.1) is 0 Å². The number of nitrogens with one attached hydrogen (secondary N) is 2. The summed E-state index contributed by atoms with van der Waals surface area (Å²) in [5.74, 6) is -0.0950. The first-order valence-electron chi connectivity index (χ1n) is 4.24. The van der Waals surface area contributed by atoms with Crippen molar-refractivity contribution in [2.45, 2.75) is 6.92 Å². The van der Waals surface area contributed by atoms with E-state index in [0.29, 0.717) is 5.57 Å². The zero-order valence-corrected chi connectivity index (χ0v) is 8.29. The Kier molecular flexibility index (Phi) is 3.23. The summed E-state index contributed by atoms with van der Waals surface area (Å²) < 4.78 is 0. The number of allylic oxidation sites excluding steroid dienone is 1. The molecule has 2 N–H and O–H groups in total. The van der Waals surface area contributed by atoms with E-state index < -0.39 is 0 Å². The zero-order chi connectivity index (χ0) is 10.6. The van der Waals surface area contributed by atoms with Crippen molar-refractivity contribution in [1.29, 1.82) is 0 Å². The molecule has 0 fully saturated rings. The van der Waals surface area contributed by atoms with Gasteiger partial charge in [-0.2, -0.15) is 0 Å². The number of hydrogen-bond acceptors (Lipinski definition) is 2. The molecule has 0 radical (unpaired) electrons. The molecule has 0 aromatic carbocycles. The lowest BCUT2D eigenvalue weighted by molar-refractivity contribution is -0.116. The van der Waals surface area contributed by atoms with E-state index in [9.17, 15) is 4.79 Å². The molecular formula is C10H13N3O. The van der Waals surface area contributed by atoms with Gasteiger partial charge in [0.1, 0.15) is 0 Å². The quantitative estimate of drug-likeness (QED) is 0.607. The SMILES string of the molecule is C=c1[nH]cn/c1=C/C=C(\C)C(=O)NC. The molecule has 0 unspecified atom stereocenters. The first kappa shape index (κ1) is 10.2. The molecule has 0 saturated carbocycles. The lowest BCUT2D eigenvalue weighted by Gasteiger charge is -1.95. The van der Waals surface area contributed by atoms with Crippen molar-refractivity contribution in [2.24, 2.45) is 0 Å². The number of imidazole rings is 1. The van der Waals surface area contributed by atoms with E-state index in [1.54, 1.807) is 32.5 Å². The Morgan fingerprint density at radius 3 is 2.93 bits per heavy atom. The topological polar surface area (TPSA) is 57.8 Å². The van der Waals surface area contributed by atoms with Gasteiger partial charge in [-0.3, -0.25) is 4.79 Å². The minimum Gasteiger partial charge on any atom is -0.355 e. The summed E-state index contributed by atoms with van der Waals surface area (Å²) in [6, 6.07) is 0. The molecule has 0 spiro atoms. The average molecular weight is 191 g/mol. The van der Waals surface area contributed by atoms with Crippen LogP contribution in [-0.2, 0) is 4.79 Å². The number of likely N-dealkylation sites (N-methyl/N-ethyl adjacent to an activating group) is 1. The number of carbonyl (C=O) groups excluding carboxylic acids is 1. The third kappa shape index (κ3) is 2.32. The van der Waals surface area contributed by atoms with E-state index in [-0.39, 0.29) is 5.91 Å². The molecule has 74 valence electrons. The molecule has 0 bridgehead atoms. The van der Waals surface area contributed by atoms with Gasteiger partial charge in [-0.05, 0) is 13.0 Å². The molecule has 0 aliphatic carbocycles. The Balaban J connectivity index is 2.97. The number of H-pyrrole nitrogens is 1. The first-order chi connectivity index (χ1) is 6.65. The summed E-state index contributed by atoms with van der Waals surface area (Å²) >= 11 is 0. The molecule has 1 heterocycles. The lowest BCUT2D eigenvalue weighted by Crippen LogP contribution is -2.22. The normalized spacial score (nSPS) is 13.0. The highest BCUT2D eigenvalue weighted by Crippen LogP contribution is 1.90. The fourth-order valence-electron chi connectivity index (χ4n) is 0.952. The van der Waals surface area contributed by atoms with E-state index in [1.807, 2.05) is 0 Å². The fourth-order valence-corrected chi connectivity index (χ4v) is 0.952. The molecular weight excluding hydrogens is 178 g/mol. The van der Waals surface area contributed by atoms with Crippen LogP contribution in [0, 0.1) is 0 Å². The van der Waals surface area contributed by atoms with E-state index in [1.165, 1.54) is 0 Å². The number of hydrogen-bond donors (Lipinski definition) is 2. The van der Waals surface area contributed by atoms with E-state index >= 15 is 0 Å². The Labute approximate surface area is 82.1 Å². The summed E-state index contributed by atoms with van der Waals surface area (Å²) in [7, 11) is 1.60. The number of nitrogens with zero attached hydrogens (tertiary/aromatic N) is 1. The molecule has 0 aliphatic heterocycles. The highest BCUT2D eigenvalue weighted by molar-refractivity contribution is 5.93. The minimum atomic E-state index is -0.0950. The smallest absolute Gasteiger partial charge is 0.246 e. The number of rotatable bonds is 2.